The highest BCUT2D eigenvalue weighted by Crippen LogP contribution is 2.39. The minimum absolute atomic E-state index is 0.152. The van der Waals surface area contributed by atoms with Crippen molar-refractivity contribution in [3.8, 4) is 22.7 Å². The zero-order valence-corrected chi connectivity index (χ0v) is 25.2. The molecule has 2 aromatic heterocycles. The van der Waals surface area contributed by atoms with Crippen LogP contribution in [0.5, 0.6) is 5.75 Å². The van der Waals surface area contributed by atoms with Gasteiger partial charge < -0.3 is 19.9 Å². The van der Waals surface area contributed by atoms with Gasteiger partial charge in [0.15, 0.2) is 11.6 Å². The fourth-order valence-electron chi connectivity index (χ4n) is 5.05. The molecule has 0 saturated carbocycles. The molecule has 0 unspecified atom stereocenters. The molecule has 0 fully saturated rings. The number of aromatic nitrogens is 3. The molecule has 5 rings (SSSR count). The Bertz CT molecular complexity index is 1660. The molecule has 2 aromatic carbocycles. The second-order valence-electron chi connectivity index (χ2n) is 11.4. The number of benzene rings is 2. The van der Waals surface area contributed by atoms with Crippen LogP contribution in [0.1, 0.15) is 36.2 Å². The zero-order valence-electron chi connectivity index (χ0n) is 25.2. The van der Waals surface area contributed by atoms with E-state index in [-0.39, 0.29) is 18.4 Å². The van der Waals surface area contributed by atoms with Crippen molar-refractivity contribution < 1.29 is 27.1 Å². The van der Waals surface area contributed by atoms with E-state index >= 15 is 4.39 Å². The predicted molar refractivity (Wildman–Crippen MR) is 161 cm³/mol. The van der Waals surface area contributed by atoms with E-state index in [1.54, 1.807) is 31.1 Å². The van der Waals surface area contributed by atoms with Gasteiger partial charge in [-0.15, -0.1) is 0 Å². The van der Waals surface area contributed by atoms with Gasteiger partial charge in [-0.3, -0.25) is 0 Å². The molecule has 0 saturated heterocycles. The first kappa shape index (κ1) is 30.8. The summed E-state index contributed by atoms with van der Waals surface area (Å²) in [6.45, 7) is 7.08. The molecule has 44 heavy (non-hydrogen) atoms. The third kappa shape index (κ3) is 6.34. The molecule has 0 atom stereocenters. The Hall–Kier alpha value is -4.61. The number of anilines is 2. The summed E-state index contributed by atoms with van der Waals surface area (Å²) in [5.41, 5.74) is 4.23. The molecule has 0 radical (unpaired) electrons. The predicted octanol–water partition coefficient (Wildman–Crippen LogP) is 7.09. The first-order valence-electron chi connectivity index (χ1n) is 14.2. The Morgan fingerprint density at radius 2 is 1.86 bits per heavy atom. The van der Waals surface area contributed by atoms with E-state index in [1.165, 1.54) is 4.90 Å². The number of alkyl halides is 3. The highest BCUT2D eigenvalue weighted by Gasteiger charge is 2.34. The number of para-hydroxylation sites is 1. The lowest BCUT2D eigenvalue weighted by Gasteiger charge is -2.28. The highest BCUT2D eigenvalue weighted by atomic mass is 19.4. The topological polar surface area (TPSA) is 75.5 Å². The summed E-state index contributed by atoms with van der Waals surface area (Å²) in [6, 6.07) is 13.3. The van der Waals surface area contributed by atoms with E-state index in [4.69, 9.17) is 9.84 Å². The van der Waals surface area contributed by atoms with Crippen LogP contribution in [0.2, 0.25) is 0 Å². The average molecular weight is 611 g/mol. The van der Waals surface area contributed by atoms with Crippen LogP contribution in [-0.4, -0.2) is 52.9 Å². The number of pyridine rings is 1. The van der Waals surface area contributed by atoms with Crippen molar-refractivity contribution in [1.29, 1.82) is 0 Å². The summed E-state index contributed by atoms with van der Waals surface area (Å²) in [7, 11) is 3.30. The van der Waals surface area contributed by atoms with Gasteiger partial charge >= 0.3 is 12.2 Å². The van der Waals surface area contributed by atoms with E-state index in [0.717, 1.165) is 33.8 Å². The molecule has 0 bridgehead atoms. The monoisotopic (exact) mass is 610 g/mol. The maximum atomic E-state index is 15.0. The van der Waals surface area contributed by atoms with Crippen molar-refractivity contribution in [1.82, 2.24) is 19.7 Å². The van der Waals surface area contributed by atoms with Gasteiger partial charge in [0.1, 0.15) is 11.4 Å². The normalized spacial score (nSPS) is 13.2. The average Bonchev–Trinajstić information content (AvgIpc) is 3.34. The molecule has 1 aliphatic heterocycles. The maximum Gasteiger partial charge on any atom is 0.417 e. The third-order valence-electron chi connectivity index (χ3n) is 7.28. The van der Waals surface area contributed by atoms with Crippen molar-refractivity contribution in [2.45, 2.75) is 39.9 Å². The van der Waals surface area contributed by atoms with Crippen molar-refractivity contribution in [2.24, 2.45) is 5.92 Å². The molecule has 1 aliphatic rings. The van der Waals surface area contributed by atoms with Crippen LogP contribution >= 0.6 is 0 Å². The standard InChI is InChI=1S/C32H34F4N6O2/c1-19(2)18-44-27-8-6-7-20(3)28(27)42-29(21-9-11-23(12-10-21)38-31(43)40(4)5)24-17-41(14-13-26(24)39-42)30-25(33)15-22(16-37-30)32(34,35)36/h6-12,15-16,19H,13-14,17-18H2,1-5H3,(H,38,43). The molecule has 0 aliphatic carbocycles. The smallest absolute Gasteiger partial charge is 0.417 e. The molecule has 0 spiro atoms. The van der Waals surface area contributed by atoms with Crippen LogP contribution in [0.3, 0.4) is 0 Å². The molecule has 2 amide bonds. The molecule has 1 N–H and O–H groups in total. The Labute approximate surface area is 253 Å². The van der Waals surface area contributed by atoms with Crippen LogP contribution < -0.4 is 15.0 Å². The van der Waals surface area contributed by atoms with Crippen LogP contribution in [0.25, 0.3) is 16.9 Å². The zero-order chi connectivity index (χ0) is 31.8. The summed E-state index contributed by atoms with van der Waals surface area (Å²) in [6.07, 6.45) is -3.62. The Morgan fingerprint density at radius 3 is 2.50 bits per heavy atom. The largest absolute Gasteiger partial charge is 0.491 e. The van der Waals surface area contributed by atoms with Gasteiger partial charge in [-0.05, 0) is 42.7 Å². The second-order valence-corrected chi connectivity index (χ2v) is 11.4. The van der Waals surface area contributed by atoms with Crippen molar-refractivity contribution in [2.75, 3.05) is 37.5 Å². The van der Waals surface area contributed by atoms with Gasteiger partial charge in [-0.25, -0.2) is 18.9 Å². The lowest BCUT2D eigenvalue weighted by atomic mass is 10.00. The molecule has 3 heterocycles. The number of rotatable bonds is 7. The molecular weight excluding hydrogens is 576 g/mol. The summed E-state index contributed by atoms with van der Waals surface area (Å²) in [5, 5.41) is 7.83. The Balaban J connectivity index is 1.61. The number of urea groups is 1. The number of hydrogen-bond donors (Lipinski definition) is 1. The number of aryl methyl sites for hydroxylation is 1. The van der Waals surface area contributed by atoms with E-state index in [2.05, 4.69) is 24.1 Å². The Kier molecular flexibility index (Phi) is 8.53. The van der Waals surface area contributed by atoms with Gasteiger partial charge in [0, 0.05) is 56.6 Å². The minimum Gasteiger partial charge on any atom is -0.491 e. The summed E-state index contributed by atoms with van der Waals surface area (Å²) < 4.78 is 62.6. The van der Waals surface area contributed by atoms with Crippen LogP contribution in [0, 0.1) is 18.7 Å². The number of carbonyl (C=O) groups excluding carboxylic acids is 1. The lowest BCUT2D eigenvalue weighted by molar-refractivity contribution is -0.138. The minimum atomic E-state index is -4.70. The van der Waals surface area contributed by atoms with E-state index in [1.807, 2.05) is 41.9 Å². The molecule has 232 valence electrons. The van der Waals surface area contributed by atoms with Crippen molar-refractivity contribution in [3.05, 3.63) is 82.9 Å². The van der Waals surface area contributed by atoms with E-state index < -0.39 is 17.6 Å². The highest BCUT2D eigenvalue weighted by molar-refractivity contribution is 5.89. The number of fused-ring (bicyclic) bond motifs is 1. The summed E-state index contributed by atoms with van der Waals surface area (Å²) in [5.74, 6) is -0.248. The molecule has 12 heteroatoms. The van der Waals surface area contributed by atoms with Gasteiger partial charge in [-0.1, -0.05) is 38.1 Å². The molecular formula is C32H34F4N6O2. The summed E-state index contributed by atoms with van der Waals surface area (Å²) in [4.78, 5) is 19.1. The number of halogens is 4. The molecule has 4 aromatic rings. The number of nitrogens with zero attached hydrogens (tertiary/aromatic N) is 5. The third-order valence-corrected chi connectivity index (χ3v) is 7.28. The van der Waals surface area contributed by atoms with Gasteiger partial charge in [-0.2, -0.15) is 18.3 Å². The first-order chi connectivity index (χ1) is 20.8. The summed E-state index contributed by atoms with van der Waals surface area (Å²) >= 11 is 0. The van der Waals surface area contributed by atoms with Gasteiger partial charge in [0.2, 0.25) is 0 Å². The maximum absolute atomic E-state index is 15.0. The number of nitrogens with one attached hydrogen (secondary N) is 1. The Morgan fingerprint density at radius 1 is 1.14 bits per heavy atom. The van der Waals surface area contributed by atoms with Crippen LogP contribution in [0.15, 0.2) is 54.7 Å². The van der Waals surface area contributed by atoms with E-state index in [9.17, 15) is 18.0 Å². The van der Waals surface area contributed by atoms with Crippen LogP contribution in [-0.2, 0) is 19.1 Å². The van der Waals surface area contributed by atoms with E-state index in [0.29, 0.717) is 49.2 Å². The molecule has 8 nitrogen and oxygen atoms in total. The number of ether oxygens (including phenoxy) is 1. The van der Waals surface area contributed by atoms with Gasteiger partial charge in [0.25, 0.3) is 0 Å². The van der Waals surface area contributed by atoms with Crippen molar-refractivity contribution in [3.63, 3.8) is 0 Å². The fourth-order valence-corrected chi connectivity index (χ4v) is 5.05. The van der Waals surface area contributed by atoms with Crippen molar-refractivity contribution >= 4 is 17.5 Å². The second kappa shape index (κ2) is 12.2. The number of carbonyl (C=O) groups is 1. The number of hydrogen-bond acceptors (Lipinski definition) is 5. The SMILES string of the molecule is Cc1cccc(OCC(C)C)c1-n1nc2c(c1-c1ccc(NC(=O)N(C)C)cc1)CN(c1ncc(C(F)(F)F)cc1F)CC2. The quantitative estimate of drug-likeness (QED) is 0.226. The van der Waals surface area contributed by atoms with Gasteiger partial charge in [0.05, 0.1) is 23.6 Å². The lowest BCUT2D eigenvalue weighted by Crippen LogP contribution is -2.32. The first-order valence-corrected chi connectivity index (χ1v) is 14.2. The number of amides is 2. The fraction of sp³-hybridized carbons (Fsp3) is 0.344. The van der Waals surface area contributed by atoms with Crippen LogP contribution in [0.4, 0.5) is 33.9 Å².